The first kappa shape index (κ1) is 14.1. The van der Waals surface area contributed by atoms with Crippen molar-refractivity contribution < 1.29 is 4.74 Å². The van der Waals surface area contributed by atoms with Crippen molar-refractivity contribution in [1.29, 1.82) is 5.41 Å². The Kier molecular flexibility index (Phi) is 4.03. The summed E-state index contributed by atoms with van der Waals surface area (Å²) < 4.78 is 5.81. The number of aromatic nitrogens is 1. The Morgan fingerprint density at radius 2 is 2.00 bits per heavy atom. The van der Waals surface area contributed by atoms with Gasteiger partial charge in [-0.3, -0.25) is 5.41 Å². The number of ether oxygens (including phenoxy) is 1. The molecule has 0 saturated heterocycles. The van der Waals surface area contributed by atoms with Gasteiger partial charge in [0.25, 0.3) is 0 Å². The first-order valence-electron chi connectivity index (χ1n) is 6.56. The van der Waals surface area contributed by atoms with Gasteiger partial charge in [-0.1, -0.05) is 26.0 Å². The first-order chi connectivity index (χ1) is 9.47. The van der Waals surface area contributed by atoms with E-state index < -0.39 is 0 Å². The molecule has 0 amide bonds. The van der Waals surface area contributed by atoms with Gasteiger partial charge in [0.15, 0.2) is 0 Å². The van der Waals surface area contributed by atoms with Crippen LogP contribution in [0.15, 0.2) is 36.5 Å². The van der Waals surface area contributed by atoms with E-state index in [1.807, 2.05) is 13.0 Å². The largest absolute Gasteiger partial charge is 0.439 e. The SMILES string of the molecule is Cc1ccc(C(C)C)cc1Oc1ccc(C(=N)N)cn1. The van der Waals surface area contributed by atoms with Gasteiger partial charge >= 0.3 is 0 Å². The van der Waals surface area contributed by atoms with Crippen LogP contribution in [0, 0.1) is 12.3 Å². The van der Waals surface area contributed by atoms with Crippen molar-refractivity contribution in [3.05, 3.63) is 53.2 Å². The summed E-state index contributed by atoms with van der Waals surface area (Å²) >= 11 is 0. The molecule has 2 aromatic rings. The maximum Gasteiger partial charge on any atom is 0.219 e. The fourth-order valence-electron chi connectivity index (χ4n) is 1.80. The average Bonchev–Trinajstić information content (AvgIpc) is 2.41. The highest BCUT2D eigenvalue weighted by atomic mass is 16.5. The Hall–Kier alpha value is -2.36. The average molecular weight is 269 g/mol. The maximum absolute atomic E-state index is 7.33. The third-order valence-electron chi connectivity index (χ3n) is 3.14. The quantitative estimate of drug-likeness (QED) is 0.658. The number of aryl methyl sites for hydroxylation is 1. The van der Waals surface area contributed by atoms with E-state index in [0.717, 1.165) is 11.3 Å². The van der Waals surface area contributed by atoms with Crippen LogP contribution in [0.2, 0.25) is 0 Å². The Morgan fingerprint density at radius 1 is 1.25 bits per heavy atom. The number of hydrogen-bond acceptors (Lipinski definition) is 3. The number of benzene rings is 1. The highest BCUT2D eigenvalue weighted by molar-refractivity contribution is 5.94. The van der Waals surface area contributed by atoms with E-state index >= 15 is 0 Å². The molecule has 1 aromatic carbocycles. The number of rotatable bonds is 4. The third kappa shape index (κ3) is 3.15. The van der Waals surface area contributed by atoms with Crippen molar-refractivity contribution >= 4 is 5.84 Å². The Morgan fingerprint density at radius 3 is 2.55 bits per heavy atom. The van der Waals surface area contributed by atoms with E-state index in [2.05, 4.69) is 31.0 Å². The van der Waals surface area contributed by atoms with Gasteiger partial charge in [-0.05, 0) is 36.1 Å². The third-order valence-corrected chi connectivity index (χ3v) is 3.14. The van der Waals surface area contributed by atoms with Crippen molar-refractivity contribution in [2.75, 3.05) is 0 Å². The molecular formula is C16H19N3O. The Balaban J connectivity index is 2.25. The van der Waals surface area contributed by atoms with Crippen molar-refractivity contribution in [3.8, 4) is 11.6 Å². The van der Waals surface area contributed by atoms with Gasteiger partial charge in [0.05, 0.1) is 0 Å². The molecule has 0 atom stereocenters. The lowest BCUT2D eigenvalue weighted by Crippen LogP contribution is -2.11. The van der Waals surface area contributed by atoms with Crippen LogP contribution >= 0.6 is 0 Å². The number of nitrogens with one attached hydrogen (secondary N) is 1. The van der Waals surface area contributed by atoms with E-state index in [4.69, 9.17) is 15.9 Å². The molecule has 0 spiro atoms. The Bertz CT molecular complexity index is 618. The van der Waals surface area contributed by atoms with Gasteiger partial charge in [0.2, 0.25) is 5.88 Å². The van der Waals surface area contributed by atoms with Crippen LogP contribution in [-0.2, 0) is 0 Å². The molecule has 3 N–H and O–H groups in total. The van der Waals surface area contributed by atoms with Crippen LogP contribution in [0.5, 0.6) is 11.6 Å². The van der Waals surface area contributed by atoms with Crippen LogP contribution in [0.1, 0.15) is 36.5 Å². The molecular weight excluding hydrogens is 250 g/mol. The number of nitrogens with zero attached hydrogens (tertiary/aromatic N) is 1. The second kappa shape index (κ2) is 5.74. The summed E-state index contributed by atoms with van der Waals surface area (Å²) in [6, 6.07) is 9.65. The van der Waals surface area contributed by atoms with Gasteiger partial charge in [-0.2, -0.15) is 0 Å². The van der Waals surface area contributed by atoms with Crippen LogP contribution in [0.4, 0.5) is 0 Å². The summed E-state index contributed by atoms with van der Waals surface area (Å²) in [6.07, 6.45) is 1.54. The topological polar surface area (TPSA) is 72.0 Å². The molecule has 0 saturated carbocycles. The zero-order valence-electron chi connectivity index (χ0n) is 12.0. The van der Waals surface area contributed by atoms with Crippen LogP contribution in [-0.4, -0.2) is 10.8 Å². The molecule has 4 heteroatoms. The molecule has 0 aliphatic rings. The van der Waals surface area contributed by atoms with E-state index in [-0.39, 0.29) is 5.84 Å². The molecule has 0 bridgehead atoms. The summed E-state index contributed by atoms with van der Waals surface area (Å²) in [6.45, 7) is 6.30. The van der Waals surface area contributed by atoms with E-state index in [1.165, 1.54) is 5.56 Å². The molecule has 0 fully saturated rings. The van der Waals surface area contributed by atoms with E-state index in [1.54, 1.807) is 18.3 Å². The number of hydrogen-bond donors (Lipinski definition) is 2. The normalized spacial score (nSPS) is 10.6. The highest BCUT2D eigenvalue weighted by Gasteiger charge is 2.07. The van der Waals surface area contributed by atoms with Gasteiger partial charge < -0.3 is 10.5 Å². The minimum atomic E-state index is 0.00188. The van der Waals surface area contributed by atoms with Crippen molar-refractivity contribution in [2.24, 2.45) is 5.73 Å². The molecule has 4 nitrogen and oxygen atoms in total. The second-order valence-electron chi connectivity index (χ2n) is 5.08. The second-order valence-corrected chi connectivity index (χ2v) is 5.08. The summed E-state index contributed by atoms with van der Waals surface area (Å²) in [7, 11) is 0. The number of nitrogen functional groups attached to an aromatic ring is 1. The fourth-order valence-corrected chi connectivity index (χ4v) is 1.80. The van der Waals surface area contributed by atoms with Crippen molar-refractivity contribution in [3.63, 3.8) is 0 Å². The summed E-state index contributed by atoms with van der Waals surface area (Å²) in [5.74, 6) is 1.76. The van der Waals surface area contributed by atoms with Gasteiger partial charge in [-0.25, -0.2) is 4.98 Å². The molecule has 2 rings (SSSR count). The monoisotopic (exact) mass is 269 g/mol. The van der Waals surface area contributed by atoms with Crippen molar-refractivity contribution in [1.82, 2.24) is 4.98 Å². The van der Waals surface area contributed by atoms with E-state index in [9.17, 15) is 0 Å². The summed E-state index contributed by atoms with van der Waals surface area (Å²) in [4.78, 5) is 4.17. The first-order valence-corrected chi connectivity index (χ1v) is 6.56. The smallest absolute Gasteiger partial charge is 0.219 e. The molecule has 0 aliphatic heterocycles. The lowest BCUT2D eigenvalue weighted by Gasteiger charge is -2.12. The number of pyridine rings is 1. The fraction of sp³-hybridized carbons (Fsp3) is 0.250. The van der Waals surface area contributed by atoms with Crippen LogP contribution in [0.25, 0.3) is 0 Å². The lowest BCUT2D eigenvalue weighted by molar-refractivity contribution is 0.458. The van der Waals surface area contributed by atoms with E-state index in [0.29, 0.717) is 17.4 Å². The minimum absolute atomic E-state index is 0.00188. The van der Waals surface area contributed by atoms with Gasteiger partial charge in [-0.15, -0.1) is 0 Å². The molecule has 1 aromatic heterocycles. The van der Waals surface area contributed by atoms with Crippen LogP contribution in [0.3, 0.4) is 0 Å². The predicted octanol–water partition coefficient (Wildman–Crippen LogP) is 3.59. The molecule has 1 heterocycles. The summed E-state index contributed by atoms with van der Waals surface area (Å²) in [5.41, 5.74) is 8.27. The summed E-state index contributed by atoms with van der Waals surface area (Å²) in [5, 5.41) is 7.33. The molecule has 0 radical (unpaired) electrons. The zero-order chi connectivity index (χ0) is 14.7. The van der Waals surface area contributed by atoms with Crippen LogP contribution < -0.4 is 10.5 Å². The van der Waals surface area contributed by atoms with Crippen molar-refractivity contribution in [2.45, 2.75) is 26.7 Å². The zero-order valence-corrected chi connectivity index (χ0v) is 12.0. The molecule has 104 valence electrons. The standard InChI is InChI=1S/C16H19N3O/c1-10(2)12-5-4-11(3)14(8-12)20-15-7-6-13(9-19-15)16(17)18/h4-10H,1-3H3,(H3,17,18). The number of amidine groups is 1. The molecule has 0 unspecified atom stereocenters. The molecule has 20 heavy (non-hydrogen) atoms. The predicted molar refractivity (Wildman–Crippen MR) is 80.6 cm³/mol. The van der Waals surface area contributed by atoms with Gasteiger partial charge in [0, 0.05) is 17.8 Å². The van der Waals surface area contributed by atoms with Gasteiger partial charge in [0.1, 0.15) is 11.6 Å². The molecule has 0 aliphatic carbocycles. The highest BCUT2D eigenvalue weighted by Crippen LogP contribution is 2.27. The Labute approximate surface area is 119 Å². The minimum Gasteiger partial charge on any atom is -0.439 e. The number of nitrogens with two attached hydrogens (primary N) is 1. The lowest BCUT2D eigenvalue weighted by atomic mass is 10.0. The maximum atomic E-state index is 7.33.